The summed E-state index contributed by atoms with van der Waals surface area (Å²) in [6, 6.07) is 11.7. The van der Waals surface area contributed by atoms with Gasteiger partial charge in [-0.1, -0.05) is 19.9 Å². The zero-order chi connectivity index (χ0) is 19.1. The molecule has 8 heteroatoms. The smallest absolute Gasteiger partial charge is 0.270 e. The number of hydrogen-bond acceptors (Lipinski definition) is 5. The van der Waals surface area contributed by atoms with Crippen LogP contribution in [0.1, 0.15) is 34.6 Å². The van der Waals surface area contributed by atoms with Gasteiger partial charge in [0.15, 0.2) is 0 Å². The number of nitrogens with one attached hydrogen (secondary N) is 2. The Morgan fingerprint density at radius 2 is 1.65 bits per heavy atom. The van der Waals surface area contributed by atoms with Gasteiger partial charge in [-0.05, 0) is 36.2 Å². The molecule has 2 rings (SSSR count). The first kappa shape index (κ1) is 18.9. The van der Waals surface area contributed by atoms with Gasteiger partial charge in [0.25, 0.3) is 17.5 Å². The Labute approximate surface area is 150 Å². The van der Waals surface area contributed by atoms with Gasteiger partial charge in [-0.3, -0.25) is 30.6 Å². The van der Waals surface area contributed by atoms with E-state index in [0.717, 1.165) is 6.07 Å². The Bertz CT molecular complexity index is 803. The average Bonchev–Trinajstić information content (AvgIpc) is 2.64. The SMILES string of the molecule is CC(C)COc1ccc(C(=O)NNC(=O)c2cccc([N+](=O)[O-])c2)cc1. The van der Waals surface area contributed by atoms with E-state index in [9.17, 15) is 19.7 Å². The Balaban J connectivity index is 1.92. The number of ether oxygens (including phenoxy) is 1. The summed E-state index contributed by atoms with van der Waals surface area (Å²) in [5.41, 5.74) is 4.69. The standard InChI is InChI=1S/C18H19N3O5/c1-12(2)11-26-16-8-6-13(7-9-16)17(22)19-20-18(23)14-4-3-5-15(10-14)21(24)25/h3-10,12H,11H2,1-2H3,(H,19,22)(H,20,23). The van der Waals surface area contributed by atoms with Crippen molar-refractivity contribution < 1.29 is 19.2 Å². The highest BCUT2D eigenvalue weighted by molar-refractivity contribution is 5.99. The van der Waals surface area contributed by atoms with Crippen LogP contribution in [0.25, 0.3) is 0 Å². The van der Waals surface area contributed by atoms with Gasteiger partial charge in [0.2, 0.25) is 0 Å². The largest absolute Gasteiger partial charge is 0.493 e. The van der Waals surface area contributed by atoms with Crippen molar-refractivity contribution in [3.05, 3.63) is 69.8 Å². The Kier molecular flexibility index (Phi) is 6.26. The van der Waals surface area contributed by atoms with E-state index in [1.165, 1.54) is 18.2 Å². The minimum Gasteiger partial charge on any atom is -0.493 e. The number of rotatable bonds is 6. The predicted molar refractivity (Wildman–Crippen MR) is 94.8 cm³/mol. The molecule has 0 aromatic heterocycles. The van der Waals surface area contributed by atoms with Crippen LogP contribution in [-0.2, 0) is 0 Å². The molecule has 0 radical (unpaired) electrons. The van der Waals surface area contributed by atoms with Crippen LogP contribution in [0.3, 0.4) is 0 Å². The topological polar surface area (TPSA) is 111 Å². The number of non-ortho nitro benzene ring substituents is 1. The molecule has 0 unspecified atom stereocenters. The van der Waals surface area contributed by atoms with E-state index in [1.807, 2.05) is 13.8 Å². The normalized spacial score (nSPS) is 10.3. The lowest BCUT2D eigenvalue weighted by Gasteiger charge is -2.10. The highest BCUT2D eigenvalue weighted by Gasteiger charge is 2.13. The lowest BCUT2D eigenvalue weighted by Crippen LogP contribution is -2.41. The van der Waals surface area contributed by atoms with Crippen LogP contribution in [0, 0.1) is 16.0 Å². The van der Waals surface area contributed by atoms with Crippen molar-refractivity contribution in [1.82, 2.24) is 10.9 Å². The summed E-state index contributed by atoms with van der Waals surface area (Å²) < 4.78 is 5.53. The van der Waals surface area contributed by atoms with E-state index in [1.54, 1.807) is 24.3 Å². The summed E-state index contributed by atoms with van der Waals surface area (Å²) in [6.45, 7) is 4.64. The van der Waals surface area contributed by atoms with E-state index in [0.29, 0.717) is 23.8 Å². The first-order chi connectivity index (χ1) is 12.4. The number of hydrogen-bond donors (Lipinski definition) is 2. The molecule has 8 nitrogen and oxygen atoms in total. The van der Waals surface area contributed by atoms with Crippen molar-refractivity contribution in [1.29, 1.82) is 0 Å². The number of amides is 2. The molecule has 0 aliphatic heterocycles. The molecule has 0 saturated heterocycles. The zero-order valence-electron chi connectivity index (χ0n) is 14.4. The van der Waals surface area contributed by atoms with Crippen LogP contribution in [0.4, 0.5) is 5.69 Å². The summed E-state index contributed by atoms with van der Waals surface area (Å²) >= 11 is 0. The molecule has 0 heterocycles. The second-order valence-corrected chi connectivity index (χ2v) is 5.94. The summed E-state index contributed by atoms with van der Waals surface area (Å²) in [6.07, 6.45) is 0. The first-order valence-electron chi connectivity index (χ1n) is 7.95. The van der Waals surface area contributed by atoms with Crippen molar-refractivity contribution in [2.24, 2.45) is 5.92 Å². The molecule has 0 bridgehead atoms. The van der Waals surface area contributed by atoms with Crippen molar-refractivity contribution in [3.8, 4) is 5.75 Å². The van der Waals surface area contributed by atoms with E-state index >= 15 is 0 Å². The van der Waals surface area contributed by atoms with Crippen LogP contribution < -0.4 is 15.6 Å². The maximum Gasteiger partial charge on any atom is 0.270 e. The average molecular weight is 357 g/mol. The maximum absolute atomic E-state index is 12.1. The minimum absolute atomic E-state index is 0.0666. The Morgan fingerprint density at radius 3 is 2.23 bits per heavy atom. The van der Waals surface area contributed by atoms with Crippen LogP contribution in [0.2, 0.25) is 0 Å². The molecule has 0 spiro atoms. The number of nitro groups is 1. The molecule has 0 atom stereocenters. The zero-order valence-corrected chi connectivity index (χ0v) is 14.4. The van der Waals surface area contributed by atoms with Gasteiger partial charge in [0.05, 0.1) is 11.5 Å². The highest BCUT2D eigenvalue weighted by atomic mass is 16.6. The Hall–Kier alpha value is -3.42. The lowest BCUT2D eigenvalue weighted by atomic mass is 10.2. The van der Waals surface area contributed by atoms with Gasteiger partial charge in [-0.25, -0.2) is 0 Å². The number of nitrogens with zero attached hydrogens (tertiary/aromatic N) is 1. The third-order valence-corrected chi connectivity index (χ3v) is 3.31. The summed E-state index contributed by atoms with van der Waals surface area (Å²) in [5, 5.41) is 10.7. The third-order valence-electron chi connectivity index (χ3n) is 3.31. The summed E-state index contributed by atoms with van der Waals surface area (Å²) in [4.78, 5) is 34.2. The van der Waals surface area contributed by atoms with Crippen molar-refractivity contribution >= 4 is 17.5 Å². The van der Waals surface area contributed by atoms with Crippen LogP contribution >= 0.6 is 0 Å². The summed E-state index contributed by atoms with van der Waals surface area (Å²) in [7, 11) is 0. The third kappa shape index (κ3) is 5.30. The molecule has 0 fully saturated rings. The van der Waals surface area contributed by atoms with Crippen LogP contribution in [0.15, 0.2) is 48.5 Å². The van der Waals surface area contributed by atoms with Gasteiger partial charge in [0, 0.05) is 23.3 Å². The second kappa shape index (κ2) is 8.61. The molecule has 2 N–H and O–H groups in total. The van der Waals surface area contributed by atoms with Gasteiger partial charge >= 0.3 is 0 Å². The molecule has 0 aliphatic rings. The fourth-order valence-electron chi connectivity index (χ4n) is 1.98. The fraction of sp³-hybridized carbons (Fsp3) is 0.222. The van der Waals surface area contributed by atoms with E-state index in [-0.39, 0.29) is 11.3 Å². The molecular weight excluding hydrogens is 338 g/mol. The number of carbonyl (C=O) groups excluding carboxylic acids is 2. The molecule has 136 valence electrons. The van der Waals surface area contributed by atoms with Crippen molar-refractivity contribution in [2.45, 2.75) is 13.8 Å². The van der Waals surface area contributed by atoms with Crippen molar-refractivity contribution in [3.63, 3.8) is 0 Å². The number of hydrazine groups is 1. The van der Waals surface area contributed by atoms with Gasteiger partial charge < -0.3 is 4.74 Å². The second-order valence-electron chi connectivity index (χ2n) is 5.94. The predicted octanol–water partition coefficient (Wildman–Crippen LogP) is 2.70. The fourth-order valence-corrected chi connectivity index (χ4v) is 1.98. The molecule has 2 amide bonds. The molecule has 0 saturated carbocycles. The van der Waals surface area contributed by atoms with Gasteiger partial charge in [-0.2, -0.15) is 0 Å². The minimum atomic E-state index is -0.654. The first-order valence-corrected chi connectivity index (χ1v) is 7.95. The van der Waals surface area contributed by atoms with Crippen molar-refractivity contribution in [2.75, 3.05) is 6.61 Å². The monoisotopic (exact) mass is 357 g/mol. The lowest BCUT2D eigenvalue weighted by molar-refractivity contribution is -0.384. The van der Waals surface area contributed by atoms with E-state index in [4.69, 9.17) is 4.74 Å². The summed E-state index contributed by atoms with van der Waals surface area (Å²) in [5.74, 6) is -0.129. The molecule has 2 aromatic carbocycles. The number of carbonyl (C=O) groups is 2. The van der Waals surface area contributed by atoms with E-state index < -0.39 is 16.7 Å². The van der Waals surface area contributed by atoms with Gasteiger partial charge in [-0.15, -0.1) is 0 Å². The molecule has 0 aliphatic carbocycles. The molecule has 26 heavy (non-hydrogen) atoms. The van der Waals surface area contributed by atoms with Crippen LogP contribution in [-0.4, -0.2) is 23.3 Å². The maximum atomic E-state index is 12.1. The quantitative estimate of drug-likeness (QED) is 0.610. The van der Waals surface area contributed by atoms with Gasteiger partial charge in [0.1, 0.15) is 5.75 Å². The Morgan fingerprint density at radius 1 is 1.04 bits per heavy atom. The van der Waals surface area contributed by atoms with E-state index in [2.05, 4.69) is 10.9 Å². The highest BCUT2D eigenvalue weighted by Crippen LogP contribution is 2.14. The molecule has 2 aromatic rings. The number of benzene rings is 2. The van der Waals surface area contributed by atoms with Crippen LogP contribution in [0.5, 0.6) is 5.75 Å². The number of nitro benzene ring substituents is 1. The molecular formula is C18H19N3O5.